The van der Waals surface area contributed by atoms with E-state index in [1.54, 1.807) is 0 Å². The minimum atomic E-state index is 0.373. The van der Waals surface area contributed by atoms with Crippen molar-refractivity contribution in [3.8, 4) is 0 Å². The number of pyridine rings is 1. The third kappa shape index (κ3) is 3.07. The summed E-state index contributed by atoms with van der Waals surface area (Å²) < 4.78 is 5.62. The second-order valence-corrected chi connectivity index (χ2v) is 5.60. The van der Waals surface area contributed by atoms with Gasteiger partial charge in [0.15, 0.2) is 0 Å². The molecule has 19 heavy (non-hydrogen) atoms. The van der Waals surface area contributed by atoms with Gasteiger partial charge in [0, 0.05) is 49.9 Å². The summed E-state index contributed by atoms with van der Waals surface area (Å²) in [7, 11) is 0. The van der Waals surface area contributed by atoms with Gasteiger partial charge in [0.05, 0.1) is 6.10 Å². The van der Waals surface area contributed by atoms with Crippen LogP contribution in [0.25, 0.3) is 0 Å². The molecule has 0 aromatic carbocycles. The molecular weight excluding hydrogens is 238 g/mol. The molecule has 2 saturated heterocycles. The minimum absolute atomic E-state index is 0.373. The van der Waals surface area contributed by atoms with Gasteiger partial charge in [-0.2, -0.15) is 0 Å². The Balaban J connectivity index is 1.49. The lowest BCUT2D eigenvalue weighted by Crippen LogP contribution is -2.48. The topological polar surface area (TPSA) is 37.4 Å². The fraction of sp³-hybridized carbons (Fsp3) is 0.667. The van der Waals surface area contributed by atoms with Crippen LogP contribution < -0.4 is 10.2 Å². The molecule has 4 heteroatoms. The molecule has 0 bridgehead atoms. The molecule has 2 atom stereocenters. The number of nitrogens with zero attached hydrogens (tertiary/aromatic N) is 2. The van der Waals surface area contributed by atoms with Crippen LogP contribution >= 0.6 is 0 Å². The van der Waals surface area contributed by atoms with Crippen LogP contribution in [0.4, 0.5) is 5.69 Å². The minimum Gasteiger partial charge on any atom is -0.377 e. The highest BCUT2D eigenvalue weighted by molar-refractivity contribution is 5.44. The van der Waals surface area contributed by atoms with Crippen LogP contribution in [0.5, 0.6) is 0 Å². The van der Waals surface area contributed by atoms with Gasteiger partial charge in [0.1, 0.15) is 0 Å². The maximum Gasteiger partial charge on any atom is 0.0700 e. The van der Waals surface area contributed by atoms with Gasteiger partial charge in [-0.05, 0) is 38.3 Å². The average Bonchev–Trinajstić information content (AvgIpc) is 2.86. The first kappa shape index (κ1) is 12.9. The third-order valence-electron chi connectivity index (χ3n) is 4.35. The molecule has 2 aliphatic rings. The van der Waals surface area contributed by atoms with E-state index in [0.717, 1.165) is 26.1 Å². The highest BCUT2D eigenvalue weighted by atomic mass is 16.5. The summed E-state index contributed by atoms with van der Waals surface area (Å²) in [6.07, 6.45) is 7.70. The van der Waals surface area contributed by atoms with Gasteiger partial charge < -0.3 is 15.0 Å². The molecule has 0 aliphatic carbocycles. The first-order valence-electron chi connectivity index (χ1n) is 7.35. The molecule has 2 aliphatic heterocycles. The predicted octanol–water partition coefficient (Wildman–Crippen LogP) is 1.82. The van der Waals surface area contributed by atoms with Gasteiger partial charge in [-0.15, -0.1) is 0 Å². The van der Waals surface area contributed by atoms with Crippen molar-refractivity contribution in [2.75, 3.05) is 24.6 Å². The lowest BCUT2D eigenvalue weighted by molar-refractivity contribution is 0.110. The maximum atomic E-state index is 5.62. The molecular formula is C15H23N3O. The molecule has 0 spiro atoms. The van der Waals surface area contributed by atoms with Crippen molar-refractivity contribution < 1.29 is 4.74 Å². The van der Waals surface area contributed by atoms with E-state index >= 15 is 0 Å². The van der Waals surface area contributed by atoms with Crippen molar-refractivity contribution >= 4 is 5.69 Å². The van der Waals surface area contributed by atoms with Gasteiger partial charge in [-0.1, -0.05) is 0 Å². The number of rotatable bonds is 3. The smallest absolute Gasteiger partial charge is 0.0700 e. The second-order valence-electron chi connectivity index (χ2n) is 5.60. The van der Waals surface area contributed by atoms with Gasteiger partial charge in [0.2, 0.25) is 0 Å². The summed E-state index contributed by atoms with van der Waals surface area (Å²) in [5.74, 6) is 0. The molecule has 3 rings (SSSR count). The van der Waals surface area contributed by atoms with Crippen molar-refractivity contribution in [2.24, 2.45) is 0 Å². The molecule has 104 valence electrons. The summed E-state index contributed by atoms with van der Waals surface area (Å²) in [6.45, 7) is 5.35. The molecule has 3 heterocycles. The van der Waals surface area contributed by atoms with Gasteiger partial charge in [-0.25, -0.2) is 0 Å². The van der Waals surface area contributed by atoms with Crippen LogP contribution in [0, 0.1) is 0 Å². The second kappa shape index (κ2) is 5.88. The molecule has 2 unspecified atom stereocenters. The number of anilines is 1. The van der Waals surface area contributed by atoms with Gasteiger partial charge >= 0.3 is 0 Å². The highest BCUT2D eigenvalue weighted by Gasteiger charge is 2.28. The maximum absolute atomic E-state index is 5.62. The number of nitrogens with one attached hydrogen (secondary N) is 1. The zero-order valence-corrected chi connectivity index (χ0v) is 11.6. The SMILES string of the molecule is CC1OCCC1NC1CCN(c2ccncc2)CC1. The molecule has 4 nitrogen and oxygen atoms in total. The van der Waals surface area contributed by atoms with E-state index in [9.17, 15) is 0 Å². The first-order valence-corrected chi connectivity index (χ1v) is 7.35. The molecule has 0 radical (unpaired) electrons. The summed E-state index contributed by atoms with van der Waals surface area (Å²) >= 11 is 0. The standard InChI is InChI=1S/C15H23N3O/c1-12-15(6-11-19-12)17-13-4-9-18(10-5-13)14-2-7-16-8-3-14/h2-3,7-8,12-13,15,17H,4-6,9-11H2,1H3. The number of hydrogen-bond donors (Lipinski definition) is 1. The molecule has 0 saturated carbocycles. The van der Waals surface area contributed by atoms with Crippen molar-refractivity contribution in [1.29, 1.82) is 0 Å². The normalized spacial score (nSPS) is 28.8. The molecule has 2 fully saturated rings. The first-order chi connectivity index (χ1) is 9.33. The summed E-state index contributed by atoms with van der Waals surface area (Å²) in [6, 6.07) is 5.39. The summed E-state index contributed by atoms with van der Waals surface area (Å²) in [5.41, 5.74) is 1.30. The summed E-state index contributed by atoms with van der Waals surface area (Å²) in [4.78, 5) is 6.53. The number of aromatic nitrogens is 1. The average molecular weight is 261 g/mol. The van der Waals surface area contributed by atoms with Crippen molar-refractivity contribution in [1.82, 2.24) is 10.3 Å². The molecule has 1 N–H and O–H groups in total. The van der Waals surface area contributed by atoms with Crippen LogP contribution in [0.15, 0.2) is 24.5 Å². The third-order valence-corrected chi connectivity index (χ3v) is 4.35. The lowest BCUT2D eigenvalue weighted by atomic mass is 10.0. The Labute approximate surface area is 115 Å². The Bertz CT molecular complexity index is 390. The highest BCUT2D eigenvalue weighted by Crippen LogP contribution is 2.21. The van der Waals surface area contributed by atoms with Crippen LogP contribution in [-0.2, 0) is 4.74 Å². The van der Waals surface area contributed by atoms with Gasteiger partial charge in [0.25, 0.3) is 0 Å². The van der Waals surface area contributed by atoms with Crippen molar-refractivity contribution in [3.05, 3.63) is 24.5 Å². The zero-order valence-electron chi connectivity index (χ0n) is 11.6. The molecule has 1 aromatic heterocycles. The van der Waals surface area contributed by atoms with Gasteiger partial charge in [-0.3, -0.25) is 4.98 Å². The predicted molar refractivity (Wildman–Crippen MR) is 76.4 cm³/mol. The Kier molecular flexibility index (Phi) is 3.99. The quantitative estimate of drug-likeness (QED) is 0.900. The largest absolute Gasteiger partial charge is 0.377 e. The number of ether oxygens (including phenoxy) is 1. The van der Waals surface area contributed by atoms with Crippen molar-refractivity contribution in [3.63, 3.8) is 0 Å². The Morgan fingerprint density at radius 1 is 1.21 bits per heavy atom. The molecule has 1 aromatic rings. The van der Waals surface area contributed by atoms with E-state index < -0.39 is 0 Å². The Morgan fingerprint density at radius 2 is 1.95 bits per heavy atom. The molecule has 0 amide bonds. The van der Waals surface area contributed by atoms with E-state index in [2.05, 4.69) is 34.3 Å². The van der Waals surface area contributed by atoms with Crippen molar-refractivity contribution in [2.45, 2.75) is 44.4 Å². The van der Waals surface area contributed by atoms with E-state index in [4.69, 9.17) is 4.74 Å². The fourth-order valence-electron chi connectivity index (χ4n) is 3.11. The lowest BCUT2D eigenvalue weighted by Gasteiger charge is -2.35. The fourth-order valence-corrected chi connectivity index (χ4v) is 3.11. The van der Waals surface area contributed by atoms with E-state index in [1.807, 2.05) is 12.4 Å². The monoisotopic (exact) mass is 261 g/mol. The number of hydrogen-bond acceptors (Lipinski definition) is 4. The van der Waals surface area contributed by atoms with E-state index in [-0.39, 0.29) is 0 Å². The van der Waals surface area contributed by atoms with E-state index in [0.29, 0.717) is 18.2 Å². The number of piperidine rings is 1. The Morgan fingerprint density at radius 3 is 2.58 bits per heavy atom. The van der Waals surface area contributed by atoms with Crippen LogP contribution in [0.2, 0.25) is 0 Å². The summed E-state index contributed by atoms with van der Waals surface area (Å²) in [5, 5.41) is 3.78. The van der Waals surface area contributed by atoms with E-state index in [1.165, 1.54) is 18.5 Å². The van der Waals surface area contributed by atoms with Crippen LogP contribution in [0.1, 0.15) is 26.2 Å². The zero-order chi connectivity index (χ0) is 13.1. The van der Waals surface area contributed by atoms with Crippen LogP contribution in [0.3, 0.4) is 0 Å². The van der Waals surface area contributed by atoms with Crippen LogP contribution in [-0.4, -0.2) is 42.9 Å². The Hall–Kier alpha value is -1.13.